The van der Waals surface area contributed by atoms with E-state index >= 15 is 0 Å². The van der Waals surface area contributed by atoms with Crippen LogP contribution in [0.3, 0.4) is 0 Å². The van der Waals surface area contributed by atoms with Crippen LogP contribution in [0.2, 0.25) is 0 Å². The number of carbonyl (C=O) groups is 1. The van der Waals surface area contributed by atoms with Gasteiger partial charge in [-0.1, -0.05) is 0 Å². The molecule has 3 heterocycles. The topological polar surface area (TPSA) is 63.1 Å². The van der Waals surface area contributed by atoms with Crippen molar-refractivity contribution in [1.29, 1.82) is 0 Å². The van der Waals surface area contributed by atoms with E-state index in [1.54, 1.807) is 12.4 Å². The number of hydrogen-bond donors (Lipinski definition) is 1. The third kappa shape index (κ3) is 3.00. The van der Waals surface area contributed by atoms with Gasteiger partial charge in [0.25, 0.3) is 5.91 Å². The van der Waals surface area contributed by atoms with Crippen LogP contribution in [0.25, 0.3) is 0 Å². The van der Waals surface area contributed by atoms with E-state index in [2.05, 4.69) is 10.1 Å². The van der Waals surface area contributed by atoms with Crippen LogP contribution in [0.5, 0.6) is 0 Å². The van der Waals surface area contributed by atoms with Crippen molar-refractivity contribution in [3.63, 3.8) is 0 Å². The van der Waals surface area contributed by atoms with Gasteiger partial charge >= 0.3 is 0 Å². The number of fused-ring (bicyclic) bond motifs is 1. The number of aromatic nitrogens is 3. The Balaban J connectivity index is 1.81. The Morgan fingerprint density at radius 2 is 2.38 bits per heavy atom. The molecule has 6 heteroatoms. The molecule has 2 aromatic rings. The predicted octanol–water partition coefficient (Wildman–Crippen LogP) is 1.52. The fourth-order valence-corrected chi connectivity index (χ4v) is 2.71. The minimum Gasteiger partial charge on any atom is -0.381 e. The fourth-order valence-electron chi connectivity index (χ4n) is 2.71. The van der Waals surface area contributed by atoms with E-state index in [9.17, 15) is 4.79 Å². The molecular weight excluding hydrogens is 268 g/mol. The lowest BCUT2D eigenvalue weighted by Gasteiger charge is -2.23. The highest BCUT2D eigenvalue weighted by Gasteiger charge is 2.26. The Hall–Kier alpha value is -2.08. The number of amides is 1. The summed E-state index contributed by atoms with van der Waals surface area (Å²) in [6.07, 6.45) is 3.56. The summed E-state index contributed by atoms with van der Waals surface area (Å²) in [4.78, 5) is 17.4. The first kappa shape index (κ1) is 13.9. The first-order chi connectivity index (χ1) is 10.3. The lowest BCUT2D eigenvalue weighted by atomic mass is 10.1. The molecule has 1 aliphatic rings. The molecule has 1 aliphatic heterocycles. The second-order valence-electron chi connectivity index (χ2n) is 5.30. The van der Waals surface area contributed by atoms with Gasteiger partial charge in [0.1, 0.15) is 5.69 Å². The van der Waals surface area contributed by atoms with Crippen LogP contribution in [0.1, 0.15) is 23.1 Å². The number of H-pyrrole nitrogens is 1. The van der Waals surface area contributed by atoms with Gasteiger partial charge in [-0.3, -0.25) is 9.48 Å². The number of rotatable bonds is 4. The van der Waals surface area contributed by atoms with Crippen molar-refractivity contribution >= 4 is 5.91 Å². The molecule has 0 bridgehead atoms. The molecule has 3 rings (SSSR count). The van der Waals surface area contributed by atoms with Crippen LogP contribution in [0.15, 0.2) is 30.6 Å². The average molecular weight is 288 g/mol. The van der Waals surface area contributed by atoms with E-state index in [0.29, 0.717) is 32.0 Å². The summed E-state index contributed by atoms with van der Waals surface area (Å²) in [6, 6.07) is 5.62. The highest BCUT2D eigenvalue weighted by Crippen LogP contribution is 2.18. The summed E-state index contributed by atoms with van der Waals surface area (Å²) in [5.41, 5.74) is 1.69. The number of ether oxygens (including phenoxy) is 1. The van der Waals surface area contributed by atoms with Crippen molar-refractivity contribution in [2.75, 3.05) is 19.8 Å². The summed E-state index contributed by atoms with van der Waals surface area (Å²) in [6.45, 7) is 5.37. The lowest BCUT2D eigenvalue weighted by Crippen LogP contribution is -2.35. The number of nitrogens with zero attached hydrogens (tertiary/aromatic N) is 3. The molecule has 1 N–H and O–H groups in total. The quantitative estimate of drug-likeness (QED) is 0.927. The standard InChI is InChI=1S/C15H20N4O2/c1-2-21-11-12-8-18(15(20)14-4-3-6-16-14)10-13-5-7-17-19(13)9-12/h3-7,12,16H,2,8-11H2,1H3. The van der Waals surface area contributed by atoms with Gasteiger partial charge in [-0.25, -0.2) is 0 Å². The van der Waals surface area contributed by atoms with Gasteiger partial charge in [-0.2, -0.15) is 5.10 Å². The third-order valence-electron chi connectivity index (χ3n) is 3.74. The van der Waals surface area contributed by atoms with E-state index in [1.165, 1.54) is 0 Å². The average Bonchev–Trinajstić information content (AvgIpc) is 3.13. The molecule has 1 atom stereocenters. The second kappa shape index (κ2) is 6.13. The molecule has 0 radical (unpaired) electrons. The van der Waals surface area contributed by atoms with Crippen molar-refractivity contribution in [2.45, 2.75) is 20.0 Å². The number of aromatic amines is 1. The zero-order chi connectivity index (χ0) is 14.7. The number of nitrogens with one attached hydrogen (secondary N) is 1. The zero-order valence-corrected chi connectivity index (χ0v) is 12.2. The SMILES string of the molecule is CCOCC1CN(C(=O)c2ccc[nH]2)Cc2ccnn2C1. The van der Waals surface area contributed by atoms with Crippen LogP contribution in [0, 0.1) is 5.92 Å². The molecule has 0 aliphatic carbocycles. The van der Waals surface area contributed by atoms with Gasteiger partial charge in [0, 0.05) is 38.0 Å². The number of carbonyl (C=O) groups excluding carboxylic acids is 1. The first-order valence-corrected chi connectivity index (χ1v) is 7.29. The van der Waals surface area contributed by atoms with Crippen molar-refractivity contribution in [3.05, 3.63) is 42.0 Å². The fraction of sp³-hybridized carbons (Fsp3) is 0.467. The largest absolute Gasteiger partial charge is 0.381 e. The minimum atomic E-state index is 0.0242. The van der Waals surface area contributed by atoms with Gasteiger partial charge in [-0.05, 0) is 25.1 Å². The van der Waals surface area contributed by atoms with Crippen molar-refractivity contribution in [1.82, 2.24) is 19.7 Å². The minimum absolute atomic E-state index is 0.0242. The van der Waals surface area contributed by atoms with Crippen LogP contribution in [0.4, 0.5) is 0 Å². The maximum Gasteiger partial charge on any atom is 0.270 e. The molecule has 0 saturated heterocycles. The van der Waals surface area contributed by atoms with E-state index in [4.69, 9.17) is 4.74 Å². The van der Waals surface area contributed by atoms with Crippen LogP contribution >= 0.6 is 0 Å². The smallest absolute Gasteiger partial charge is 0.270 e. The summed E-state index contributed by atoms with van der Waals surface area (Å²) in [5, 5.41) is 4.35. The van der Waals surface area contributed by atoms with Crippen LogP contribution in [-0.2, 0) is 17.8 Å². The molecular formula is C15H20N4O2. The maximum absolute atomic E-state index is 12.6. The molecule has 21 heavy (non-hydrogen) atoms. The monoisotopic (exact) mass is 288 g/mol. The Kier molecular flexibility index (Phi) is 4.06. The van der Waals surface area contributed by atoms with Gasteiger partial charge in [0.05, 0.1) is 18.8 Å². The molecule has 112 valence electrons. The van der Waals surface area contributed by atoms with Crippen LogP contribution in [-0.4, -0.2) is 45.3 Å². The predicted molar refractivity (Wildman–Crippen MR) is 77.7 cm³/mol. The summed E-state index contributed by atoms with van der Waals surface area (Å²) >= 11 is 0. The van der Waals surface area contributed by atoms with Gasteiger partial charge in [-0.15, -0.1) is 0 Å². The molecule has 0 fully saturated rings. The molecule has 0 aromatic carbocycles. The molecule has 0 spiro atoms. The highest BCUT2D eigenvalue weighted by molar-refractivity contribution is 5.92. The van der Waals surface area contributed by atoms with E-state index in [0.717, 1.165) is 12.2 Å². The second-order valence-corrected chi connectivity index (χ2v) is 5.30. The molecule has 1 amide bonds. The van der Waals surface area contributed by atoms with Crippen LogP contribution < -0.4 is 0 Å². The Bertz CT molecular complexity index is 591. The van der Waals surface area contributed by atoms with Gasteiger partial charge in [0.2, 0.25) is 0 Å². The zero-order valence-electron chi connectivity index (χ0n) is 12.2. The molecule has 0 saturated carbocycles. The van der Waals surface area contributed by atoms with Gasteiger partial charge < -0.3 is 14.6 Å². The Labute approximate surface area is 123 Å². The Morgan fingerprint density at radius 3 is 3.14 bits per heavy atom. The summed E-state index contributed by atoms with van der Waals surface area (Å²) in [5.74, 6) is 0.279. The van der Waals surface area contributed by atoms with Crippen molar-refractivity contribution in [3.8, 4) is 0 Å². The van der Waals surface area contributed by atoms with E-state index in [1.807, 2.05) is 34.7 Å². The van der Waals surface area contributed by atoms with E-state index < -0.39 is 0 Å². The Morgan fingerprint density at radius 1 is 1.48 bits per heavy atom. The normalized spacial score (nSPS) is 18.3. The number of hydrogen-bond acceptors (Lipinski definition) is 3. The van der Waals surface area contributed by atoms with Crippen molar-refractivity contribution in [2.24, 2.45) is 5.92 Å². The van der Waals surface area contributed by atoms with Gasteiger partial charge in [0.15, 0.2) is 0 Å². The van der Waals surface area contributed by atoms with Crippen molar-refractivity contribution < 1.29 is 9.53 Å². The maximum atomic E-state index is 12.6. The summed E-state index contributed by atoms with van der Waals surface area (Å²) < 4.78 is 7.53. The third-order valence-corrected chi connectivity index (χ3v) is 3.74. The van der Waals surface area contributed by atoms with E-state index in [-0.39, 0.29) is 11.8 Å². The lowest BCUT2D eigenvalue weighted by molar-refractivity contribution is 0.0613. The first-order valence-electron chi connectivity index (χ1n) is 7.29. The molecule has 1 unspecified atom stereocenters. The molecule has 2 aromatic heterocycles. The summed E-state index contributed by atoms with van der Waals surface area (Å²) in [7, 11) is 0. The molecule has 6 nitrogen and oxygen atoms in total. The highest BCUT2D eigenvalue weighted by atomic mass is 16.5.